The largest absolute Gasteiger partial charge is 0.314 e. The average molecular weight is 308 g/mol. The average Bonchev–Trinajstić information content (AvgIpc) is 2.40. The Labute approximate surface area is 125 Å². The van der Waals surface area contributed by atoms with Gasteiger partial charge in [-0.1, -0.05) is 0 Å². The minimum atomic E-state index is -0.152. The first-order chi connectivity index (χ1) is 8.27. The molecular weight excluding hydrogens is 289 g/mol. The van der Waals surface area contributed by atoms with Gasteiger partial charge in [-0.05, 0) is 13.0 Å². The van der Waals surface area contributed by atoms with E-state index in [4.69, 9.17) is 0 Å². The summed E-state index contributed by atoms with van der Waals surface area (Å²) in [6.07, 6.45) is 3.22. The summed E-state index contributed by atoms with van der Waals surface area (Å²) >= 11 is 0. The van der Waals surface area contributed by atoms with E-state index in [-0.39, 0.29) is 36.8 Å². The summed E-state index contributed by atoms with van der Waals surface area (Å²) in [4.78, 5) is 22.1. The number of carbonyl (C=O) groups excluding carboxylic acids is 1. The summed E-state index contributed by atoms with van der Waals surface area (Å²) in [6.45, 7) is 5.55. The fourth-order valence-corrected chi connectivity index (χ4v) is 1.81. The number of nitrogens with one attached hydrogen (secondary N) is 2. The highest BCUT2D eigenvalue weighted by atomic mass is 35.5. The number of hydrogen-bond donors (Lipinski definition) is 2. The fraction of sp³-hybridized carbons (Fsp3) is 0.545. The third-order valence-electron chi connectivity index (χ3n) is 2.88. The van der Waals surface area contributed by atoms with Crippen LogP contribution in [0.2, 0.25) is 0 Å². The molecule has 1 aromatic rings. The van der Waals surface area contributed by atoms with E-state index in [1.54, 1.807) is 18.5 Å². The normalized spacial score (nSPS) is 16.7. The second-order valence-electron chi connectivity index (χ2n) is 4.02. The quantitative estimate of drug-likeness (QED) is 0.853. The minimum absolute atomic E-state index is 0. The van der Waals surface area contributed by atoms with Gasteiger partial charge in [-0.15, -0.1) is 24.8 Å². The molecule has 0 bridgehead atoms. The van der Waals surface area contributed by atoms with E-state index in [9.17, 15) is 4.79 Å². The highest BCUT2D eigenvalue weighted by Crippen LogP contribution is 2.04. The molecule has 108 valence electrons. The molecule has 0 aliphatic carbocycles. The third-order valence-corrected chi connectivity index (χ3v) is 2.88. The van der Waals surface area contributed by atoms with Crippen LogP contribution in [-0.4, -0.2) is 53.0 Å². The van der Waals surface area contributed by atoms with Gasteiger partial charge >= 0.3 is 0 Å². The van der Waals surface area contributed by atoms with Crippen LogP contribution >= 0.6 is 24.8 Å². The van der Waals surface area contributed by atoms with Crippen LogP contribution in [0.3, 0.4) is 0 Å². The van der Waals surface area contributed by atoms with Crippen molar-refractivity contribution in [2.24, 2.45) is 0 Å². The van der Waals surface area contributed by atoms with Crippen molar-refractivity contribution < 1.29 is 4.79 Å². The number of hydrogen-bond acceptors (Lipinski definition) is 5. The summed E-state index contributed by atoms with van der Waals surface area (Å²) in [5.74, 6) is 0.303. The first-order valence-electron chi connectivity index (χ1n) is 5.80. The molecule has 2 N–H and O–H groups in total. The van der Waals surface area contributed by atoms with Crippen LogP contribution < -0.4 is 10.6 Å². The lowest BCUT2D eigenvalue weighted by atomic mass is 10.2. The fourth-order valence-electron chi connectivity index (χ4n) is 1.81. The Balaban J connectivity index is 0.00000162. The molecule has 19 heavy (non-hydrogen) atoms. The molecule has 0 radical (unpaired) electrons. The molecule has 1 atom stereocenters. The zero-order valence-electron chi connectivity index (χ0n) is 10.7. The first kappa shape index (κ1) is 18.0. The second-order valence-corrected chi connectivity index (χ2v) is 4.02. The summed E-state index contributed by atoms with van der Waals surface area (Å²) in [5.41, 5.74) is 0. The van der Waals surface area contributed by atoms with E-state index in [0.717, 1.165) is 26.2 Å². The zero-order chi connectivity index (χ0) is 12.1. The Bertz CT molecular complexity index is 373. The summed E-state index contributed by atoms with van der Waals surface area (Å²) in [7, 11) is 0. The number of aromatic nitrogens is 2. The van der Waals surface area contributed by atoms with Crippen molar-refractivity contribution >= 4 is 36.7 Å². The lowest BCUT2D eigenvalue weighted by Gasteiger charge is -2.31. The maximum Gasteiger partial charge on any atom is 0.243 e. The maximum absolute atomic E-state index is 12.0. The Hall–Kier alpha value is -0.950. The van der Waals surface area contributed by atoms with Gasteiger partial charge < -0.3 is 5.32 Å². The molecule has 8 heteroatoms. The first-order valence-corrected chi connectivity index (χ1v) is 5.80. The van der Waals surface area contributed by atoms with Crippen LogP contribution in [0.1, 0.15) is 6.92 Å². The molecule has 2 heterocycles. The molecule has 0 spiro atoms. The van der Waals surface area contributed by atoms with E-state index in [1.165, 1.54) is 0 Å². The molecule has 6 nitrogen and oxygen atoms in total. The van der Waals surface area contributed by atoms with E-state index in [0.29, 0.717) is 5.95 Å². The molecule has 1 aromatic heterocycles. The van der Waals surface area contributed by atoms with Crippen molar-refractivity contribution in [1.29, 1.82) is 0 Å². The minimum Gasteiger partial charge on any atom is -0.314 e. The van der Waals surface area contributed by atoms with Gasteiger partial charge in [0.2, 0.25) is 11.9 Å². The van der Waals surface area contributed by atoms with Crippen LogP contribution in [0.4, 0.5) is 5.95 Å². The van der Waals surface area contributed by atoms with Crippen LogP contribution in [0.25, 0.3) is 0 Å². The predicted molar refractivity (Wildman–Crippen MR) is 79.1 cm³/mol. The molecule has 2 rings (SSSR count). The maximum atomic E-state index is 12.0. The number of anilines is 1. The van der Waals surface area contributed by atoms with Crippen molar-refractivity contribution in [3.63, 3.8) is 0 Å². The van der Waals surface area contributed by atoms with Crippen molar-refractivity contribution in [3.05, 3.63) is 18.5 Å². The van der Waals surface area contributed by atoms with Gasteiger partial charge in [-0.3, -0.25) is 15.0 Å². The van der Waals surface area contributed by atoms with Gasteiger partial charge in [0.15, 0.2) is 0 Å². The van der Waals surface area contributed by atoms with E-state index in [2.05, 4.69) is 25.5 Å². The lowest BCUT2D eigenvalue weighted by Crippen LogP contribution is -2.51. The van der Waals surface area contributed by atoms with E-state index in [1.807, 2.05) is 6.92 Å². The zero-order valence-corrected chi connectivity index (χ0v) is 12.3. The number of carbonyl (C=O) groups is 1. The van der Waals surface area contributed by atoms with Gasteiger partial charge in [0.05, 0.1) is 6.04 Å². The number of nitrogens with zero attached hydrogens (tertiary/aromatic N) is 3. The Morgan fingerprint density at radius 3 is 2.47 bits per heavy atom. The molecule has 1 aliphatic heterocycles. The Kier molecular flexibility index (Phi) is 8.58. The summed E-state index contributed by atoms with van der Waals surface area (Å²) in [6, 6.07) is 1.57. The van der Waals surface area contributed by atoms with E-state index >= 15 is 0 Å². The highest BCUT2D eigenvalue weighted by Gasteiger charge is 2.22. The van der Waals surface area contributed by atoms with Gasteiger partial charge in [0.25, 0.3) is 0 Å². The number of amides is 1. The smallest absolute Gasteiger partial charge is 0.243 e. The molecule has 1 unspecified atom stereocenters. The molecule has 1 saturated heterocycles. The van der Waals surface area contributed by atoms with Gasteiger partial charge in [0, 0.05) is 38.6 Å². The third kappa shape index (κ3) is 5.28. The van der Waals surface area contributed by atoms with Crippen LogP contribution in [0.5, 0.6) is 0 Å². The van der Waals surface area contributed by atoms with Crippen LogP contribution in [0.15, 0.2) is 18.5 Å². The van der Waals surface area contributed by atoms with Crippen LogP contribution in [0, 0.1) is 0 Å². The van der Waals surface area contributed by atoms with Gasteiger partial charge in [-0.2, -0.15) is 0 Å². The summed E-state index contributed by atoms with van der Waals surface area (Å²) in [5, 5.41) is 5.98. The lowest BCUT2D eigenvalue weighted by molar-refractivity contribution is -0.121. The summed E-state index contributed by atoms with van der Waals surface area (Å²) < 4.78 is 0. The highest BCUT2D eigenvalue weighted by molar-refractivity contribution is 5.93. The number of piperazine rings is 1. The Morgan fingerprint density at radius 1 is 1.32 bits per heavy atom. The Morgan fingerprint density at radius 2 is 1.89 bits per heavy atom. The monoisotopic (exact) mass is 307 g/mol. The standard InChI is InChI=1S/C11H17N5O.2ClH/c1-9(16-7-5-12-6-8-16)10(17)15-11-13-3-2-4-14-11;;/h2-4,9,12H,5-8H2,1H3,(H,13,14,15,17);2*1H. The molecule has 1 aliphatic rings. The van der Waals surface area contributed by atoms with Crippen molar-refractivity contribution in [2.45, 2.75) is 13.0 Å². The molecule has 1 amide bonds. The SMILES string of the molecule is CC(C(=O)Nc1ncccn1)N1CCNCC1.Cl.Cl. The number of halogens is 2. The van der Waals surface area contributed by atoms with Crippen LogP contribution in [-0.2, 0) is 4.79 Å². The van der Waals surface area contributed by atoms with Crippen molar-refractivity contribution in [3.8, 4) is 0 Å². The van der Waals surface area contributed by atoms with Crippen molar-refractivity contribution in [1.82, 2.24) is 20.2 Å². The number of rotatable bonds is 3. The topological polar surface area (TPSA) is 70.2 Å². The van der Waals surface area contributed by atoms with Crippen molar-refractivity contribution in [2.75, 3.05) is 31.5 Å². The molecule has 0 aromatic carbocycles. The second kappa shape index (κ2) is 9.03. The molecule has 1 fully saturated rings. The van der Waals surface area contributed by atoms with Gasteiger partial charge in [-0.25, -0.2) is 9.97 Å². The molecular formula is C11H19Cl2N5O. The van der Waals surface area contributed by atoms with Gasteiger partial charge in [0.1, 0.15) is 0 Å². The molecule has 0 saturated carbocycles. The predicted octanol–water partition coefficient (Wildman–Crippen LogP) is 0.552. The van der Waals surface area contributed by atoms with E-state index < -0.39 is 0 Å².